The summed E-state index contributed by atoms with van der Waals surface area (Å²) in [6, 6.07) is 35.9. The first-order valence-corrected chi connectivity index (χ1v) is 16.9. The van der Waals surface area contributed by atoms with E-state index in [0.29, 0.717) is 17.8 Å². The molecule has 4 rings (SSSR count). The predicted octanol–water partition coefficient (Wildman–Crippen LogP) is 11.4. The first-order chi connectivity index (χ1) is 21.0. The van der Waals surface area contributed by atoms with Crippen LogP contribution in [-0.2, 0) is 6.42 Å². The zero-order valence-electron chi connectivity index (χ0n) is 26.9. The maximum Gasteiger partial charge on any atom is 0.0314 e. The van der Waals surface area contributed by atoms with E-state index in [2.05, 4.69) is 93.6 Å². The van der Waals surface area contributed by atoms with E-state index in [9.17, 15) is 0 Å². The van der Waals surface area contributed by atoms with Gasteiger partial charge in [-0.2, -0.15) is 0 Å². The van der Waals surface area contributed by atoms with Gasteiger partial charge in [0, 0.05) is 23.2 Å². The Bertz CT molecular complexity index is 1320. The van der Waals surface area contributed by atoms with Gasteiger partial charge in [0.1, 0.15) is 0 Å². The topological polar surface area (TPSA) is 52.0 Å². The molecule has 0 heterocycles. The zero-order valence-corrected chi connectivity index (χ0v) is 26.9. The Balaban J connectivity index is 1.43. The Hall–Kier alpha value is -3.52. The van der Waals surface area contributed by atoms with Gasteiger partial charge < -0.3 is 11.5 Å². The number of rotatable bonds is 17. The minimum atomic E-state index is 0.422. The molecule has 0 saturated heterocycles. The minimum absolute atomic E-state index is 0.422. The van der Waals surface area contributed by atoms with Crippen molar-refractivity contribution in [3.05, 3.63) is 130 Å². The van der Waals surface area contributed by atoms with Gasteiger partial charge in [0.05, 0.1) is 0 Å². The van der Waals surface area contributed by atoms with E-state index >= 15 is 0 Å². The van der Waals surface area contributed by atoms with E-state index in [1.807, 2.05) is 24.3 Å². The van der Waals surface area contributed by atoms with E-state index in [4.69, 9.17) is 11.5 Å². The fourth-order valence-electron chi connectivity index (χ4n) is 6.47. The molecule has 43 heavy (non-hydrogen) atoms. The lowest BCUT2D eigenvalue weighted by atomic mass is 9.84. The highest BCUT2D eigenvalue weighted by molar-refractivity contribution is 5.44. The molecule has 0 amide bonds. The van der Waals surface area contributed by atoms with Gasteiger partial charge in [-0.05, 0) is 82.8 Å². The second-order valence-electron chi connectivity index (χ2n) is 12.7. The molecule has 4 N–H and O–H groups in total. The van der Waals surface area contributed by atoms with Crippen LogP contribution >= 0.6 is 0 Å². The molecular formula is C41H54N2. The van der Waals surface area contributed by atoms with Crippen LogP contribution in [0.4, 0.5) is 11.4 Å². The number of nitrogen functional groups attached to an aromatic ring is 2. The largest absolute Gasteiger partial charge is 0.399 e. The molecule has 0 aliphatic rings. The summed E-state index contributed by atoms with van der Waals surface area (Å²) in [5.41, 5.74) is 22.0. The first kappa shape index (κ1) is 32.4. The average Bonchev–Trinajstić information content (AvgIpc) is 3.03. The van der Waals surface area contributed by atoms with Gasteiger partial charge in [-0.25, -0.2) is 0 Å². The van der Waals surface area contributed by atoms with Crippen molar-refractivity contribution >= 4 is 11.4 Å². The third-order valence-electron chi connectivity index (χ3n) is 9.20. The van der Waals surface area contributed by atoms with Gasteiger partial charge in [0.15, 0.2) is 0 Å². The second-order valence-corrected chi connectivity index (χ2v) is 12.7. The SMILES string of the molecule is CCCCCCC(c1ccc(N)cc1)c1ccc(CC(C)c2ccc(C(CCCCCC)c3ccc(N)cc3)cc2)cc1. The normalized spacial score (nSPS) is 13.5. The number of benzene rings is 4. The Kier molecular flexibility index (Phi) is 12.8. The van der Waals surface area contributed by atoms with Gasteiger partial charge in [-0.15, -0.1) is 0 Å². The molecule has 4 aromatic carbocycles. The summed E-state index contributed by atoms with van der Waals surface area (Å²) >= 11 is 0. The van der Waals surface area contributed by atoms with Crippen molar-refractivity contribution in [1.82, 2.24) is 0 Å². The molecule has 0 spiro atoms. The van der Waals surface area contributed by atoms with Crippen molar-refractivity contribution in [1.29, 1.82) is 0 Å². The third-order valence-corrected chi connectivity index (χ3v) is 9.20. The van der Waals surface area contributed by atoms with Crippen LogP contribution in [0, 0.1) is 0 Å². The first-order valence-electron chi connectivity index (χ1n) is 16.9. The van der Waals surface area contributed by atoms with Gasteiger partial charge in [0.25, 0.3) is 0 Å². The summed E-state index contributed by atoms with van der Waals surface area (Å²) in [6.45, 7) is 6.91. The molecule has 3 unspecified atom stereocenters. The Morgan fingerprint density at radius 1 is 0.442 bits per heavy atom. The lowest BCUT2D eigenvalue weighted by Crippen LogP contribution is -2.04. The standard InChI is InChI=1S/C41H54N2/c1-4-6-8-10-12-40(36-22-26-38(42)27-23-36)34-16-14-32(15-17-34)30-31(3)33-18-20-35(21-19-33)41(13-11-9-7-5-2)37-24-28-39(43)29-25-37/h14-29,31,40-41H,4-13,30,42-43H2,1-3H3. The molecule has 0 radical (unpaired) electrons. The zero-order chi connectivity index (χ0) is 30.4. The maximum atomic E-state index is 6.00. The molecule has 0 aliphatic carbocycles. The Labute approximate surface area is 261 Å². The maximum absolute atomic E-state index is 6.00. The fourth-order valence-corrected chi connectivity index (χ4v) is 6.47. The predicted molar refractivity (Wildman–Crippen MR) is 188 cm³/mol. The van der Waals surface area contributed by atoms with Crippen molar-refractivity contribution in [3.8, 4) is 0 Å². The number of hydrogen-bond donors (Lipinski definition) is 2. The van der Waals surface area contributed by atoms with Crippen LogP contribution < -0.4 is 11.5 Å². The number of hydrogen-bond acceptors (Lipinski definition) is 2. The average molecular weight is 575 g/mol. The van der Waals surface area contributed by atoms with E-state index in [1.165, 1.54) is 97.6 Å². The quantitative estimate of drug-likeness (QED) is 0.0973. The fraction of sp³-hybridized carbons (Fsp3) is 0.415. The van der Waals surface area contributed by atoms with Gasteiger partial charge >= 0.3 is 0 Å². The summed E-state index contributed by atoms with van der Waals surface area (Å²) in [5.74, 6) is 1.30. The molecule has 0 bridgehead atoms. The van der Waals surface area contributed by atoms with Crippen LogP contribution in [0.15, 0.2) is 97.1 Å². The number of unbranched alkanes of at least 4 members (excludes halogenated alkanes) is 6. The smallest absolute Gasteiger partial charge is 0.0314 e. The summed E-state index contributed by atoms with van der Waals surface area (Å²) in [5, 5.41) is 0. The summed E-state index contributed by atoms with van der Waals surface area (Å²) < 4.78 is 0. The molecule has 0 fully saturated rings. The molecule has 0 saturated carbocycles. The number of nitrogens with two attached hydrogens (primary N) is 2. The third kappa shape index (κ3) is 9.75. The molecule has 0 aliphatic heterocycles. The van der Waals surface area contributed by atoms with Gasteiger partial charge in [-0.3, -0.25) is 0 Å². The molecule has 2 nitrogen and oxygen atoms in total. The van der Waals surface area contributed by atoms with Gasteiger partial charge in [-0.1, -0.05) is 145 Å². The monoisotopic (exact) mass is 574 g/mol. The van der Waals surface area contributed by atoms with Crippen molar-refractivity contribution in [2.75, 3.05) is 11.5 Å². The van der Waals surface area contributed by atoms with Crippen molar-refractivity contribution in [3.63, 3.8) is 0 Å². The van der Waals surface area contributed by atoms with E-state index in [-0.39, 0.29) is 0 Å². The Morgan fingerprint density at radius 3 is 1.19 bits per heavy atom. The summed E-state index contributed by atoms with van der Waals surface area (Å²) in [4.78, 5) is 0. The number of anilines is 2. The van der Waals surface area contributed by atoms with Gasteiger partial charge in [0.2, 0.25) is 0 Å². The molecule has 0 aromatic heterocycles. The molecular weight excluding hydrogens is 520 g/mol. The highest BCUT2D eigenvalue weighted by Gasteiger charge is 2.17. The highest BCUT2D eigenvalue weighted by atomic mass is 14.5. The lowest BCUT2D eigenvalue weighted by Gasteiger charge is -2.21. The van der Waals surface area contributed by atoms with Crippen molar-refractivity contribution in [2.24, 2.45) is 0 Å². The molecule has 2 heteroatoms. The van der Waals surface area contributed by atoms with Crippen LogP contribution in [-0.4, -0.2) is 0 Å². The Morgan fingerprint density at radius 2 is 0.791 bits per heavy atom. The van der Waals surface area contributed by atoms with E-state index in [0.717, 1.165) is 17.8 Å². The van der Waals surface area contributed by atoms with Crippen LogP contribution in [0.3, 0.4) is 0 Å². The van der Waals surface area contributed by atoms with Crippen LogP contribution in [0.1, 0.15) is 136 Å². The van der Waals surface area contributed by atoms with Crippen LogP contribution in [0.2, 0.25) is 0 Å². The second kappa shape index (κ2) is 16.9. The lowest BCUT2D eigenvalue weighted by molar-refractivity contribution is 0.596. The minimum Gasteiger partial charge on any atom is -0.399 e. The molecule has 3 atom stereocenters. The summed E-state index contributed by atoms with van der Waals surface area (Å²) in [7, 11) is 0. The van der Waals surface area contributed by atoms with Crippen molar-refractivity contribution in [2.45, 2.75) is 109 Å². The summed E-state index contributed by atoms with van der Waals surface area (Å²) in [6.07, 6.45) is 13.7. The van der Waals surface area contributed by atoms with Crippen molar-refractivity contribution < 1.29 is 0 Å². The molecule has 228 valence electrons. The van der Waals surface area contributed by atoms with Crippen LogP contribution in [0.25, 0.3) is 0 Å². The van der Waals surface area contributed by atoms with Crippen LogP contribution in [0.5, 0.6) is 0 Å². The molecule has 4 aromatic rings. The highest BCUT2D eigenvalue weighted by Crippen LogP contribution is 2.34. The van der Waals surface area contributed by atoms with E-state index < -0.39 is 0 Å². The van der Waals surface area contributed by atoms with E-state index in [1.54, 1.807) is 0 Å².